The molecule has 0 unspecified atom stereocenters. The van der Waals surface area contributed by atoms with Crippen molar-refractivity contribution in [3.63, 3.8) is 0 Å². The molecule has 0 aliphatic carbocycles. The normalized spacial score (nSPS) is 11.1. The van der Waals surface area contributed by atoms with Crippen LogP contribution in [0.3, 0.4) is 0 Å². The van der Waals surface area contributed by atoms with E-state index >= 15 is 0 Å². The number of rotatable bonds is 3. The van der Waals surface area contributed by atoms with Crippen molar-refractivity contribution >= 4 is 11.6 Å². The average Bonchev–Trinajstić information content (AvgIpc) is 2.21. The second-order valence-corrected chi connectivity index (χ2v) is 2.69. The number of nitrogens with one attached hydrogen (secondary N) is 1. The molecule has 0 spiro atoms. The van der Waals surface area contributed by atoms with Gasteiger partial charge in [-0.3, -0.25) is 4.99 Å². The molecule has 0 aliphatic heterocycles. The zero-order chi connectivity index (χ0) is 10.4. The molecule has 1 rings (SSSR count). The van der Waals surface area contributed by atoms with E-state index in [1.54, 1.807) is 7.05 Å². The van der Waals surface area contributed by atoms with Crippen molar-refractivity contribution in [1.82, 2.24) is 0 Å². The Kier molecular flexibility index (Phi) is 3.79. The highest BCUT2D eigenvalue weighted by molar-refractivity contribution is 5.92. The van der Waals surface area contributed by atoms with Crippen molar-refractivity contribution in [3.05, 3.63) is 24.3 Å². The van der Waals surface area contributed by atoms with Crippen molar-refractivity contribution in [2.24, 2.45) is 10.7 Å². The summed E-state index contributed by atoms with van der Waals surface area (Å²) < 4.78 is 5.30. The van der Waals surface area contributed by atoms with E-state index in [1.165, 1.54) is 0 Å². The number of benzene rings is 1. The van der Waals surface area contributed by atoms with Gasteiger partial charge in [-0.05, 0) is 31.2 Å². The first kappa shape index (κ1) is 10.4. The van der Waals surface area contributed by atoms with Crippen LogP contribution in [0.4, 0.5) is 5.69 Å². The Labute approximate surface area is 83.8 Å². The minimum absolute atomic E-state index is 0.397. The van der Waals surface area contributed by atoms with Crippen molar-refractivity contribution in [2.75, 3.05) is 19.0 Å². The fourth-order valence-corrected chi connectivity index (χ4v) is 1.00. The van der Waals surface area contributed by atoms with Gasteiger partial charge in [0.25, 0.3) is 0 Å². The summed E-state index contributed by atoms with van der Waals surface area (Å²) in [6.45, 7) is 2.62. The highest BCUT2D eigenvalue weighted by Crippen LogP contribution is 2.15. The molecule has 0 bridgehead atoms. The molecule has 0 atom stereocenters. The Morgan fingerprint density at radius 2 is 2.07 bits per heavy atom. The Bertz CT molecular complexity index is 306. The molecule has 1 aromatic rings. The van der Waals surface area contributed by atoms with Crippen LogP contribution < -0.4 is 15.8 Å². The van der Waals surface area contributed by atoms with Crippen molar-refractivity contribution in [3.8, 4) is 5.75 Å². The minimum Gasteiger partial charge on any atom is -0.494 e. The van der Waals surface area contributed by atoms with Crippen molar-refractivity contribution in [2.45, 2.75) is 6.92 Å². The fourth-order valence-electron chi connectivity index (χ4n) is 1.00. The molecule has 0 fully saturated rings. The summed E-state index contributed by atoms with van der Waals surface area (Å²) in [4.78, 5) is 3.79. The van der Waals surface area contributed by atoms with E-state index in [1.807, 2.05) is 31.2 Å². The van der Waals surface area contributed by atoms with Gasteiger partial charge in [-0.1, -0.05) is 0 Å². The summed E-state index contributed by atoms with van der Waals surface area (Å²) in [6, 6.07) is 7.55. The number of guanidine groups is 1. The predicted octanol–water partition coefficient (Wildman–Crippen LogP) is 1.44. The van der Waals surface area contributed by atoms with Gasteiger partial charge in [0.2, 0.25) is 0 Å². The molecular formula is C10H15N3O. The summed E-state index contributed by atoms with van der Waals surface area (Å²) in [5.74, 6) is 1.25. The summed E-state index contributed by atoms with van der Waals surface area (Å²) in [6.07, 6.45) is 0. The van der Waals surface area contributed by atoms with Crippen LogP contribution in [0, 0.1) is 0 Å². The Hall–Kier alpha value is -1.71. The Balaban J connectivity index is 2.64. The third-order valence-electron chi connectivity index (χ3n) is 1.68. The van der Waals surface area contributed by atoms with E-state index < -0.39 is 0 Å². The van der Waals surface area contributed by atoms with Crippen molar-refractivity contribution in [1.29, 1.82) is 0 Å². The minimum atomic E-state index is 0.397. The molecule has 14 heavy (non-hydrogen) atoms. The number of nitrogens with two attached hydrogens (primary N) is 1. The smallest absolute Gasteiger partial charge is 0.192 e. The topological polar surface area (TPSA) is 59.6 Å². The molecule has 0 aromatic heterocycles. The number of ether oxygens (including phenoxy) is 1. The molecule has 4 heteroatoms. The van der Waals surface area contributed by atoms with E-state index in [-0.39, 0.29) is 0 Å². The van der Waals surface area contributed by atoms with Gasteiger partial charge < -0.3 is 15.8 Å². The number of hydrogen-bond acceptors (Lipinski definition) is 2. The second kappa shape index (κ2) is 5.11. The molecule has 0 saturated carbocycles. The molecule has 0 saturated heterocycles. The lowest BCUT2D eigenvalue weighted by atomic mass is 10.3. The Morgan fingerprint density at radius 3 is 2.57 bits per heavy atom. The van der Waals surface area contributed by atoms with Gasteiger partial charge in [-0.15, -0.1) is 0 Å². The lowest BCUT2D eigenvalue weighted by Gasteiger charge is -2.06. The highest BCUT2D eigenvalue weighted by atomic mass is 16.5. The quantitative estimate of drug-likeness (QED) is 0.564. The van der Waals surface area contributed by atoms with Gasteiger partial charge in [0, 0.05) is 12.7 Å². The maximum Gasteiger partial charge on any atom is 0.192 e. The van der Waals surface area contributed by atoms with Gasteiger partial charge >= 0.3 is 0 Å². The van der Waals surface area contributed by atoms with Crippen LogP contribution in [0.25, 0.3) is 0 Å². The van der Waals surface area contributed by atoms with E-state index in [9.17, 15) is 0 Å². The van der Waals surface area contributed by atoms with Crippen LogP contribution in [0.5, 0.6) is 5.75 Å². The SMILES string of the molecule is CCOc1ccc(NC(N)=NC)cc1. The van der Waals surface area contributed by atoms with Crippen LogP contribution in [0.15, 0.2) is 29.3 Å². The van der Waals surface area contributed by atoms with Crippen molar-refractivity contribution < 1.29 is 4.74 Å². The average molecular weight is 193 g/mol. The standard InChI is InChI=1S/C10H15N3O/c1-3-14-9-6-4-8(5-7-9)13-10(11)12-2/h4-7H,3H2,1-2H3,(H3,11,12,13). The third-order valence-corrected chi connectivity index (χ3v) is 1.68. The number of nitrogens with zero attached hydrogens (tertiary/aromatic N) is 1. The zero-order valence-corrected chi connectivity index (χ0v) is 8.45. The highest BCUT2D eigenvalue weighted by Gasteiger charge is 1.95. The van der Waals surface area contributed by atoms with Gasteiger partial charge in [0.15, 0.2) is 5.96 Å². The number of aliphatic imine (C=N–C) groups is 1. The molecule has 0 aliphatic rings. The molecular weight excluding hydrogens is 178 g/mol. The first-order valence-electron chi connectivity index (χ1n) is 4.48. The summed E-state index contributed by atoms with van der Waals surface area (Å²) in [5, 5.41) is 2.93. The van der Waals surface area contributed by atoms with Gasteiger partial charge in [0.1, 0.15) is 5.75 Å². The summed E-state index contributed by atoms with van der Waals surface area (Å²) in [7, 11) is 1.64. The number of anilines is 1. The van der Waals surface area contributed by atoms with Crippen LogP contribution >= 0.6 is 0 Å². The zero-order valence-electron chi connectivity index (χ0n) is 8.45. The van der Waals surface area contributed by atoms with E-state index in [0.29, 0.717) is 12.6 Å². The van der Waals surface area contributed by atoms with E-state index in [4.69, 9.17) is 10.5 Å². The number of hydrogen-bond donors (Lipinski definition) is 2. The van der Waals surface area contributed by atoms with E-state index in [0.717, 1.165) is 11.4 Å². The molecule has 0 amide bonds. The van der Waals surface area contributed by atoms with Gasteiger partial charge in [0.05, 0.1) is 6.61 Å². The molecule has 76 valence electrons. The summed E-state index contributed by atoms with van der Waals surface area (Å²) >= 11 is 0. The van der Waals surface area contributed by atoms with Crippen LogP contribution in [-0.2, 0) is 0 Å². The largest absolute Gasteiger partial charge is 0.494 e. The summed E-state index contributed by atoms with van der Waals surface area (Å²) in [5.41, 5.74) is 6.41. The van der Waals surface area contributed by atoms with Crippen LogP contribution in [-0.4, -0.2) is 19.6 Å². The van der Waals surface area contributed by atoms with Gasteiger partial charge in [-0.25, -0.2) is 0 Å². The maximum absolute atomic E-state index is 5.51. The first-order chi connectivity index (χ1) is 6.76. The molecule has 0 radical (unpaired) electrons. The monoisotopic (exact) mass is 193 g/mol. The van der Waals surface area contributed by atoms with Crippen LogP contribution in [0.2, 0.25) is 0 Å². The predicted molar refractivity (Wildman–Crippen MR) is 58.8 cm³/mol. The molecule has 4 nitrogen and oxygen atoms in total. The van der Waals surface area contributed by atoms with Crippen LogP contribution in [0.1, 0.15) is 6.92 Å². The Morgan fingerprint density at radius 1 is 1.43 bits per heavy atom. The van der Waals surface area contributed by atoms with Gasteiger partial charge in [-0.2, -0.15) is 0 Å². The first-order valence-corrected chi connectivity index (χ1v) is 4.48. The van der Waals surface area contributed by atoms with E-state index in [2.05, 4.69) is 10.3 Å². The molecule has 3 N–H and O–H groups in total. The third kappa shape index (κ3) is 2.97. The fraction of sp³-hybridized carbons (Fsp3) is 0.300. The lowest BCUT2D eigenvalue weighted by molar-refractivity contribution is 0.340. The second-order valence-electron chi connectivity index (χ2n) is 2.69. The lowest BCUT2D eigenvalue weighted by Crippen LogP contribution is -2.21. The molecule has 0 heterocycles. The molecule has 1 aromatic carbocycles. The maximum atomic E-state index is 5.51.